The predicted octanol–water partition coefficient (Wildman–Crippen LogP) is 4.64. The Morgan fingerprint density at radius 1 is 1.24 bits per heavy atom. The van der Waals surface area contributed by atoms with Gasteiger partial charge in [0, 0.05) is 5.54 Å². The number of nitrogens with zero attached hydrogens (tertiary/aromatic N) is 1. The van der Waals surface area contributed by atoms with Crippen LogP contribution in [0.5, 0.6) is 11.5 Å². The summed E-state index contributed by atoms with van der Waals surface area (Å²) in [7, 11) is 1.74. The Hall–Kier alpha value is -1.48. The summed E-state index contributed by atoms with van der Waals surface area (Å²) in [5, 5.41) is 2.14. The lowest BCUT2D eigenvalue weighted by atomic mass is 9.88. The molecule has 0 bridgehead atoms. The first-order valence-corrected chi connectivity index (χ1v) is 7.85. The molecule has 0 amide bonds. The van der Waals surface area contributed by atoms with Crippen molar-refractivity contribution in [1.82, 2.24) is 5.06 Å². The molecule has 0 radical (unpaired) electrons. The molecule has 0 N–H and O–H groups in total. The van der Waals surface area contributed by atoms with Gasteiger partial charge in [-0.15, -0.1) is 5.06 Å². The Bertz CT molecular complexity index is 557. The van der Waals surface area contributed by atoms with Crippen molar-refractivity contribution in [1.29, 1.82) is 0 Å². The first kappa shape index (κ1) is 14.5. The van der Waals surface area contributed by atoms with E-state index in [2.05, 4.69) is 31.9 Å². The highest BCUT2D eigenvalue weighted by atomic mass is 16.7. The lowest BCUT2D eigenvalue weighted by Gasteiger charge is -2.36. The van der Waals surface area contributed by atoms with Crippen molar-refractivity contribution in [2.75, 3.05) is 7.11 Å². The number of benzene rings is 1. The summed E-state index contributed by atoms with van der Waals surface area (Å²) in [5.74, 6) is 1.86. The first-order chi connectivity index (χ1) is 10.0. The zero-order valence-corrected chi connectivity index (χ0v) is 13.5. The van der Waals surface area contributed by atoms with Crippen LogP contribution in [-0.2, 0) is 0 Å². The Morgan fingerprint density at radius 2 is 2.05 bits per heavy atom. The third-order valence-electron chi connectivity index (χ3n) is 4.29. The second-order valence-corrected chi connectivity index (χ2v) is 6.89. The van der Waals surface area contributed by atoms with Crippen LogP contribution in [0.1, 0.15) is 58.1 Å². The van der Waals surface area contributed by atoms with E-state index in [0.717, 1.165) is 17.9 Å². The van der Waals surface area contributed by atoms with Crippen LogP contribution >= 0.6 is 0 Å². The van der Waals surface area contributed by atoms with Crippen LogP contribution in [0, 0.1) is 0 Å². The Morgan fingerprint density at radius 3 is 2.67 bits per heavy atom. The predicted molar refractivity (Wildman–Crippen MR) is 84.5 cm³/mol. The van der Waals surface area contributed by atoms with Crippen molar-refractivity contribution in [2.24, 2.45) is 0 Å². The van der Waals surface area contributed by atoms with Crippen LogP contribution < -0.4 is 9.57 Å². The zero-order valence-electron chi connectivity index (χ0n) is 13.5. The van der Waals surface area contributed by atoms with Gasteiger partial charge in [0.1, 0.15) is 5.75 Å². The number of hydroxylamine groups is 2. The molecule has 3 heteroatoms. The van der Waals surface area contributed by atoms with Crippen molar-refractivity contribution in [3.05, 3.63) is 35.4 Å². The molecule has 0 saturated heterocycles. The fraction of sp³-hybridized carbons (Fsp3) is 0.556. The zero-order chi connectivity index (χ0) is 15.0. The van der Waals surface area contributed by atoms with E-state index in [4.69, 9.17) is 9.57 Å². The van der Waals surface area contributed by atoms with E-state index in [9.17, 15) is 0 Å². The summed E-state index contributed by atoms with van der Waals surface area (Å²) in [4.78, 5) is 6.19. The SMILES string of the molecule is COc1cccc2c1C(C1=CCCCC1)N(C(C)(C)C)O2. The maximum absolute atomic E-state index is 6.19. The molecule has 1 unspecified atom stereocenters. The van der Waals surface area contributed by atoms with E-state index in [-0.39, 0.29) is 11.6 Å². The van der Waals surface area contributed by atoms with Crippen LogP contribution in [0.3, 0.4) is 0 Å². The quantitative estimate of drug-likeness (QED) is 0.739. The van der Waals surface area contributed by atoms with Gasteiger partial charge in [-0.3, -0.25) is 0 Å². The van der Waals surface area contributed by atoms with Gasteiger partial charge in [0.05, 0.1) is 18.7 Å². The molecule has 3 rings (SSSR count). The van der Waals surface area contributed by atoms with Crippen molar-refractivity contribution in [2.45, 2.75) is 58.0 Å². The van der Waals surface area contributed by atoms with Crippen LogP contribution in [0.2, 0.25) is 0 Å². The van der Waals surface area contributed by atoms with Crippen LogP contribution in [0.15, 0.2) is 29.8 Å². The number of hydrogen-bond donors (Lipinski definition) is 0. The normalized spacial score (nSPS) is 22.5. The van der Waals surface area contributed by atoms with E-state index >= 15 is 0 Å². The summed E-state index contributed by atoms with van der Waals surface area (Å²) in [6.07, 6.45) is 7.29. The molecule has 1 aromatic carbocycles. The number of allylic oxidation sites excluding steroid dienone is 1. The Balaban J connectivity index is 2.10. The van der Waals surface area contributed by atoms with E-state index in [1.807, 2.05) is 18.2 Å². The molecule has 114 valence electrons. The minimum Gasteiger partial charge on any atom is -0.496 e. The molecular formula is C18H25NO2. The molecule has 2 aliphatic rings. The molecule has 0 spiro atoms. The van der Waals surface area contributed by atoms with Crippen LogP contribution in [-0.4, -0.2) is 17.7 Å². The van der Waals surface area contributed by atoms with E-state index in [1.165, 1.54) is 30.4 Å². The van der Waals surface area contributed by atoms with Gasteiger partial charge in [-0.1, -0.05) is 12.1 Å². The Kier molecular flexibility index (Phi) is 3.70. The summed E-state index contributed by atoms with van der Waals surface area (Å²) >= 11 is 0. The Labute approximate surface area is 127 Å². The fourth-order valence-corrected chi connectivity index (χ4v) is 3.30. The van der Waals surface area contributed by atoms with Gasteiger partial charge >= 0.3 is 0 Å². The molecule has 1 aliphatic heterocycles. The number of rotatable bonds is 2. The molecule has 1 atom stereocenters. The summed E-state index contributed by atoms with van der Waals surface area (Å²) in [6, 6.07) is 6.25. The lowest BCUT2D eigenvalue weighted by molar-refractivity contribution is -0.130. The van der Waals surface area contributed by atoms with E-state index in [1.54, 1.807) is 7.11 Å². The maximum Gasteiger partial charge on any atom is 0.156 e. The van der Waals surface area contributed by atoms with Crippen LogP contribution in [0.25, 0.3) is 0 Å². The lowest BCUT2D eigenvalue weighted by Crippen LogP contribution is -2.43. The topological polar surface area (TPSA) is 21.7 Å². The third-order valence-corrected chi connectivity index (χ3v) is 4.29. The molecule has 0 fully saturated rings. The van der Waals surface area contributed by atoms with Crippen molar-refractivity contribution < 1.29 is 9.57 Å². The number of fused-ring (bicyclic) bond motifs is 1. The highest BCUT2D eigenvalue weighted by Gasteiger charge is 2.43. The van der Waals surface area contributed by atoms with Gasteiger partial charge in [0.2, 0.25) is 0 Å². The number of ether oxygens (including phenoxy) is 1. The molecule has 1 aliphatic carbocycles. The second kappa shape index (κ2) is 5.38. The molecule has 3 nitrogen and oxygen atoms in total. The fourth-order valence-electron chi connectivity index (χ4n) is 3.30. The average molecular weight is 287 g/mol. The van der Waals surface area contributed by atoms with Gasteiger partial charge in [-0.05, 0) is 64.2 Å². The summed E-state index contributed by atoms with van der Waals surface area (Å²) in [6.45, 7) is 6.59. The largest absolute Gasteiger partial charge is 0.496 e. The highest BCUT2D eigenvalue weighted by Crippen LogP contribution is 2.50. The molecule has 1 aromatic rings. The van der Waals surface area contributed by atoms with Gasteiger partial charge in [-0.2, -0.15) is 0 Å². The molecular weight excluding hydrogens is 262 g/mol. The number of hydrogen-bond acceptors (Lipinski definition) is 3. The molecule has 1 heterocycles. The van der Waals surface area contributed by atoms with E-state index < -0.39 is 0 Å². The minimum absolute atomic E-state index is 0.0625. The highest BCUT2D eigenvalue weighted by molar-refractivity contribution is 5.52. The van der Waals surface area contributed by atoms with Gasteiger partial charge in [0.15, 0.2) is 5.75 Å². The number of methoxy groups -OCH3 is 1. The monoisotopic (exact) mass is 287 g/mol. The van der Waals surface area contributed by atoms with Gasteiger partial charge in [0.25, 0.3) is 0 Å². The van der Waals surface area contributed by atoms with Gasteiger partial charge in [-0.25, -0.2) is 0 Å². The second-order valence-electron chi connectivity index (χ2n) is 6.89. The minimum atomic E-state index is -0.0625. The smallest absolute Gasteiger partial charge is 0.156 e. The van der Waals surface area contributed by atoms with Crippen molar-refractivity contribution in [3.63, 3.8) is 0 Å². The molecule has 21 heavy (non-hydrogen) atoms. The van der Waals surface area contributed by atoms with Gasteiger partial charge < -0.3 is 9.57 Å². The summed E-state index contributed by atoms with van der Waals surface area (Å²) < 4.78 is 5.61. The average Bonchev–Trinajstić information content (AvgIpc) is 2.87. The third kappa shape index (κ3) is 2.55. The standard InChI is InChI=1S/C18H25NO2/c1-18(2,3)19-17(13-9-6-5-7-10-13)16-14(20-4)11-8-12-15(16)21-19/h8-9,11-12,17H,5-7,10H2,1-4H3. The molecule has 0 saturated carbocycles. The van der Waals surface area contributed by atoms with E-state index in [0.29, 0.717) is 0 Å². The molecule has 0 aromatic heterocycles. The maximum atomic E-state index is 6.19. The summed E-state index contributed by atoms with van der Waals surface area (Å²) in [5.41, 5.74) is 2.59. The first-order valence-electron chi connectivity index (χ1n) is 7.85. The van der Waals surface area contributed by atoms with Crippen LogP contribution in [0.4, 0.5) is 0 Å². The van der Waals surface area contributed by atoms with Crippen molar-refractivity contribution in [3.8, 4) is 11.5 Å². The van der Waals surface area contributed by atoms with Crippen molar-refractivity contribution >= 4 is 0 Å².